The van der Waals surface area contributed by atoms with Gasteiger partial charge in [0.05, 0.1) is 6.20 Å². The first kappa shape index (κ1) is 10.5. The van der Waals surface area contributed by atoms with Crippen LogP contribution in [0.5, 0.6) is 0 Å². The molecule has 0 amide bonds. The first-order valence-electron chi connectivity index (χ1n) is 6.10. The number of nitrogens with zero attached hydrogens (tertiary/aromatic N) is 2. The van der Waals surface area contributed by atoms with Crippen LogP contribution in [0.25, 0.3) is 0 Å². The second-order valence-electron chi connectivity index (χ2n) is 4.88. The lowest BCUT2D eigenvalue weighted by atomic mass is 9.78. The molecule has 2 atom stereocenters. The fourth-order valence-electron chi connectivity index (χ4n) is 2.47. The van der Waals surface area contributed by atoms with E-state index in [0.29, 0.717) is 5.92 Å². The SMILES string of the molecule is CC(N)c1cnn(CC2Cc3ccccc32)c1. The van der Waals surface area contributed by atoms with Crippen molar-refractivity contribution in [1.82, 2.24) is 9.78 Å². The van der Waals surface area contributed by atoms with Gasteiger partial charge in [-0.05, 0) is 24.5 Å². The average molecular weight is 227 g/mol. The van der Waals surface area contributed by atoms with Crippen molar-refractivity contribution in [3.63, 3.8) is 0 Å². The van der Waals surface area contributed by atoms with Crippen LogP contribution >= 0.6 is 0 Å². The standard InChI is InChI=1S/C14H17N3/c1-10(15)13-7-16-17(9-13)8-12-6-11-4-2-3-5-14(11)12/h2-5,7,9-10,12H,6,8,15H2,1H3. The molecule has 1 aliphatic rings. The van der Waals surface area contributed by atoms with Gasteiger partial charge in [-0.25, -0.2) is 0 Å². The van der Waals surface area contributed by atoms with E-state index in [1.54, 1.807) is 0 Å². The highest BCUT2D eigenvalue weighted by molar-refractivity contribution is 5.39. The van der Waals surface area contributed by atoms with Crippen LogP contribution < -0.4 is 5.73 Å². The molecule has 2 aromatic rings. The molecule has 0 fully saturated rings. The van der Waals surface area contributed by atoms with Crippen molar-refractivity contribution in [1.29, 1.82) is 0 Å². The summed E-state index contributed by atoms with van der Waals surface area (Å²) in [6.07, 6.45) is 5.10. The summed E-state index contributed by atoms with van der Waals surface area (Å²) in [6.45, 7) is 2.95. The minimum Gasteiger partial charge on any atom is -0.324 e. The molecular weight excluding hydrogens is 210 g/mol. The normalized spacial score (nSPS) is 19.5. The molecule has 0 saturated carbocycles. The quantitative estimate of drug-likeness (QED) is 0.874. The maximum Gasteiger partial charge on any atom is 0.0537 e. The van der Waals surface area contributed by atoms with Gasteiger partial charge in [0.25, 0.3) is 0 Å². The summed E-state index contributed by atoms with van der Waals surface area (Å²) in [4.78, 5) is 0. The zero-order valence-electron chi connectivity index (χ0n) is 10.0. The van der Waals surface area contributed by atoms with E-state index in [1.165, 1.54) is 17.5 Å². The van der Waals surface area contributed by atoms with Crippen LogP contribution in [0.2, 0.25) is 0 Å². The topological polar surface area (TPSA) is 43.8 Å². The van der Waals surface area contributed by atoms with E-state index in [-0.39, 0.29) is 6.04 Å². The second kappa shape index (κ2) is 4.00. The maximum atomic E-state index is 5.83. The number of aromatic nitrogens is 2. The minimum absolute atomic E-state index is 0.0671. The van der Waals surface area contributed by atoms with E-state index < -0.39 is 0 Å². The molecule has 88 valence electrons. The third-order valence-corrected chi connectivity index (χ3v) is 3.55. The molecule has 1 aliphatic carbocycles. The number of nitrogens with two attached hydrogens (primary N) is 1. The third-order valence-electron chi connectivity index (χ3n) is 3.55. The van der Waals surface area contributed by atoms with Gasteiger partial charge in [0.2, 0.25) is 0 Å². The largest absolute Gasteiger partial charge is 0.324 e. The van der Waals surface area contributed by atoms with E-state index in [1.807, 2.05) is 17.8 Å². The zero-order chi connectivity index (χ0) is 11.8. The predicted molar refractivity (Wildman–Crippen MR) is 67.7 cm³/mol. The number of hydrogen-bond acceptors (Lipinski definition) is 2. The third kappa shape index (κ3) is 1.87. The van der Waals surface area contributed by atoms with Crippen molar-refractivity contribution in [2.45, 2.75) is 31.8 Å². The highest BCUT2D eigenvalue weighted by Crippen LogP contribution is 2.35. The Kier molecular flexibility index (Phi) is 2.48. The van der Waals surface area contributed by atoms with Crippen LogP contribution in [0.15, 0.2) is 36.7 Å². The van der Waals surface area contributed by atoms with Crippen molar-refractivity contribution in [2.24, 2.45) is 5.73 Å². The number of benzene rings is 1. The molecule has 3 heteroatoms. The van der Waals surface area contributed by atoms with E-state index in [4.69, 9.17) is 5.73 Å². The van der Waals surface area contributed by atoms with Crippen LogP contribution in [0, 0.1) is 0 Å². The summed E-state index contributed by atoms with van der Waals surface area (Å²) < 4.78 is 2.01. The van der Waals surface area contributed by atoms with Crippen LogP contribution in [0.4, 0.5) is 0 Å². The molecule has 2 unspecified atom stereocenters. The summed E-state index contributed by atoms with van der Waals surface area (Å²) >= 11 is 0. The van der Waals surface area contributed by atoms with Crippen LogP contribution in [0.3, 0.4) is 0 Å². The Morgan fingerprint density at radius 2 is 2.29 bits per heavy atom. The molecule has 2 N–H and O–H groups in total. The van der Waals surface area contributed by atoms with Gasteiger partial charge in [0.1, 0.15) is 0 Å². The molecule has 1 aromatic carbocycles. The maximum absolute atomic E-state index is 5.83. The van der Waals surface area contributed by atoms with Gasteiger partial charge in [0.15, 0.2) is 0 Å². The van der Waals surface area contributed by atoms with Crippen LogP contribution in [0.1, 0.15) is 35.6 Å². The molecule has 0 bridgehead atoms. The van der Waals surface area contributed by atoms with Crippen molar-refractivity contribution >= 4 is 0 Å². The van der Waals surface area contributed by atoms with Gasteiger partial charge in [-0.3, -0.25) is 4.68 Å². The molecule has 1 aromatic heterocycles. The first-order valence-corrected chi connectivity index (χ1v) is 6.10. The highest BCUT2D eigenvalue weighted by atomic mass is 15.3. The first-order chi connectivity index (χ1) is 8.24. The summed E-state index contributed by atoms with van der Waals surface area (Å²) in [7, 11) is 0. The van der Waals surface area contributed by atoms with E-state index in [9.17, 15) is 0 Å². The molecule has 0 radical (unpaired) electrons. The highest BCUT2D eigenvalue weighted by Gasteiger charge is 2.25. The molecule has 1 heterocycles. The van der Waals surface area contributed by atoms with Crippen molar-refractivity contribution in [3.05, 3.63) is 53.3 Å². The Morgan fingerprint density at radius 1 is 1.47 bits per heavy atom. The summed E-state index contributed by atoms with van der Waals surface area (Å²) in [5, 5.41) is 4.37. The number of rotatable bonds is 3. The smallest absolute Gasteiger partial charge is 0.0537 e. The van der Waals surface area contributed by atoms with Gasteiger partial charge in [0, 0.05) is 30.3 Å². The lowest BCUT2D eigenvalue weighted by Crippen LogP contribution is -2.22. The fraction of sp³-hybridized carbons (Fsp3) is 0.357. The van der Waals surface area contributed by atoms with Gasteiger partial charge >= 0.3 is 0 Å². The summed E-state index contributed by atoms with van der Waals surface area (Å²) in [6, 6.07) is 8.72. The fourth-order valence-corrected chi connectivity index (χ4v) is 2.47. The average Bonchev–Trinajstić information content (AvgIpc) is 2.75. The van der Waals surface area contributed by atoms with Gasteiger partial charge in [-0.2, -0.15) is 5.10 Å². The Labute approximate surface area is 101 Å². The summed E-state index contributed by atoms with van der Waals surface area (Å²) in [5.41, 5.74) is 9.90. The molecule has 0 saturated heterocycles. The lowest BCUT2D eigenvalue weighted by Gasteiger charge is -2.29. The van der Waals surface area contributed by atoms with Crippen molar-refractivity contribution in [3.8, 4) is 0 Å². The Bertz CT molecular complexity index is 528. The zero-order valence-corrected chi connectivity index (χ0v) is 10.0. The van der Waals surface area contributed by atoms with E-state index in [0.717, 1.165) is 12.1 Å². The number of hydrogen-bond donors (Lipinski definition) is 1. The summed E-state index contributed by atoms with van der Waals surface area (Å²) in [5.74, 6) is 0.618. The van der Waals surface area contributed by atoms with Gasteiger partial charge < -0.3 is 5.73 Å². The Balaban J connectivity index is 1.73. The number of fused-ring (bicyclic) bond motifs is 1. The molecule has 3 rings (SSSR count). The molecule has 0 spiro atoms. The molecular formula is C14H17N3. The van der Waals surface area contributed by atoms with Crippen molar-refractivity contribution < 1.29 is 0 Å². The minimum atomic E-state index is 0.0671. The monoisotopic (exact) mass is 227 g/mol. The Morgan fingerprint density at radius 3 is 3.00 bits per heavy atom. The molecule has 17 heavy (non-hydrogen) atoms. The van der Waals surface area contributed by atoms with E-state index in [2.05, 4.69) is 35.6 Å². The van der Waals surface area contributed by atoms with Gasteiger partial charge in [-0.1, -0.05) is 24.3 Å². The van der Waals surface area contributed by atoms with Crippen LogP contribution in [-0.4, -0.2) is 9.78 Å². The molecule has 0 aliphatic heterocycles. The second-order valence-corrected chi connectivity index (χ2v) is 4.88. The van der Waals surface area contributed by atoms with E-state index >= 15 is 0 Å². The van der Waals surface area contributed by atoms with Crippen LogP contribution in [-0.2, 0) is 13.0 Å². The van der Waals surface area contributed by atoms with Crippen molar-refractivity contribution in [2.75, 3.05) is 0 Å². The lowest BCUT2D eigenvalue weighted by molar-refractivity contribution is 0.474. The predicted octanol–water partition coefficient (Wildman–Crippen LogP) is 2.24. The van der Waals surface area contributed by atoms with Gasteiger partial charge in [-0.15, -0.1) is 0 Å². The Hall–Kier alpha value is -1.61. The molecule has 3 nitrogen and oxygen atoms in total.